The number of nitrogens with zero attached hydrogens (tertiary/aromatic N) is 2. The fourth-order valence-corrected chi connectivity index (χ4v) is 2.84. The Morgan fingerprint density at radius 1 is 1.29 bits per heavy atom. The van der Waals surface area contributed by atoms with Gasteiger partial charge in [0.1, 0.15) is 11.6 Å². The van der Waals surface area contributed by atoms with Crippen LogP contribution in [0.15, 0.2) is 29.3 Å². The number of aliphatic imine (C=N–C) groups is 1. The SMILES string of the molecule is CCNC(=NCCCOc1ccc(F)cc1)NC1CCN(CC(F)(F)F)C1.I. The van der Waals surface area contributed by atoms with E-state index in [1.165, 1.54) is 17.0 Å². The van der Waals surface area contributed by atoms with Crippen LogP contribution in [0.1, 0.15) is 19.8 Å². The highest BCUT2D eigenvalue weighted by molar-refractivity contribution is 14.0. The normalized spacial score (nSPS) is 17.9. The molecule has 2 N–H and O–H groups in total. The minimum Gasteiger partial charge on any atom is -0.494 e. The van der Waals surface area contributed by atoms with Crippen molar-refractivity contribution in [2.75, 3.05) is 39.3 Å². The lowest BCUT2D eigenvalue weighted by molar-refractivity contribution is -0.143. The predicted octanol–water partition coefficient (Wildman–Crippen LogP) is 3.40. The van der Waals surface area contributed by atoms with E-state index in [1.54, 1.807) is 12.1 Å². The van der Waals surface area contributed by atoms with Gasteiger partial charge in [-0.1, -0.05) is 0 Å². The zero-order valence-electron chi connectivity index (χ0n) is 15.8. The standard InChI is InChI=1S/C18H26F4N4O.HI/c1-2-23-17(25-15-8-10-26(12-15)13-18(20,21)22)24-9-3-11-27-16-6-4-14(19)5-7-16;/h4-7,15H,2-3,8-13H2,1H3,(H2,23,24,25);1H. The van der Waals surface area contributed by atoms with Gasteiger partial charge in [-0.3, -0.25) is 9.89 Å². The van der Waals surface area contributed by atoms with E-state index in [0.29, 0.717) is 57.3 Å². The summed E-state index contributed by atoms with van der Waals surface area (Å²) in [4.78, 5) is 5.84. The Bertz CT molecular complexity index is 598. The number of hydrogen-bond donors (Lipinski definition) is 2. The van der Waals surface area contributed by atoms with Gasteiger partial charge >= 0.3 is 6.18 Å². The largest absolute Gasteiger partial charge is 0.494 e. The lowest BCUT2D eigenvalue weighted by Gasteiger charge is -2.19. The van der Waals surface area contributed by atoms with Gasteiger partial charge < -0.3 is 15.4 Å². The van der Waals surface area contributed by atoms with E-state index in [9.17, 15) is 17.6 Å². The van der Waals surface area contributed by atoms with Gasteiger partial charge in [-0.25, -0.2) is 4.39 Å². The van der Waals surface area contributed by atoms with E-state index in [0.717, 1.165) is 0 Å². The Morgan fingerprint density at radius 3 is 2.64 bits per heavy atom. The number of ether oxygens (including phenoxy) is 1. The molecule has 1 atom stereocenters. The molecule has 0 aliphatic carbocycles. The van der Waals surface area contributed by atoms with Crippen LogP contribution in [0.25, 0.3) is 0 Å². The molecule has 0 spiro atoms. The predicted molar refractivity (Wildman–Crippen MR) is 112 cm³/mol. The Labute approximate surface area is 179 Å². The number of rotatable bonds is 8. The van der Waals surface area contributed by atoms with E-state index < -0.39 is 12.7 Å². The number of likely N-dealkylation sites (tertiary alicyclic amines) is 1. The molecule has 160 valence electrons. The number of hydrogen-bond acceptors (Lipinski definition) is 3. The van der Waals surface area contributed by atoms with Gasteiger partial charge in [0.15, 0.2) is 5.96 Å². The van der Waals surface area contributed by atoms with Crippen LogP contribution in [0, 0.1) is 5.82 Å². The second kappa shape index (κ2) is 12.3. The lowest BCUT2D eigenvalue weighted by Crippen LogP contribution is -2.45. The van der Waals surface area contributed by atoms with E-state index in [1.807, 2.05) is 6.92 Å². The average Bonchev–Trinajstić information content (AvgIpc) is 3.01. The number of benzene rings is 1. The van der Waals surface area contributed by atoms with Crippen LogP contribution in [0.3, 0.4) is 0 Å². The van der Waals surface area contributed by atoms with Crippen LogP contribution in [-0.4, -0.2) is 62.4 Å². The van der Waals surface area contributed by atoms with Crippen molar-refractivity contribution < 1.29 is 22.3 Å². The minimum atomic E-state index is -4.17. The molecule has 1 fully saturated rings. The summed E-state index contributed by atoms with van der Waals surface area (Å²) < 4.78 is 55.7. The fraction of sp³-hybridized carbons (Fsp3) is 0.611. The van der Waals surface area contributed by atoms with E-state index in [-0.39, 0.29) is 35.8 Å². The first-order valence-electron chi connectivity index (χ1n) is 9.08. The molecule has 5 nitrogen and oxygen atoms in total. The number of guanidine groups is 1. The Balaban J connectivity index is 0.00000392. The van der Waals surface area contributed by atoms with E-state index in [4.69, 9.17) is 4.74 Å². The van der Waals surface area contributed by atoms with Crippen molar-refractivity contribution in [3.63, 3.8) is 0 Å². The summed E-state index contributed by atoms with van der Waals surface area (Å²) in [6.07, 6.45) is -2.86. The van der Waals surface area contributed by atoms with Crippen molar-refractivity contribution in [1.29, 1.82) is 0 Å². The molecule has 1 saturated heterocycles. The third kappa shape index (κ3) is 9.76. The summed E-state index contributed by atoms with van der Waals surface area (Å²) in [6, 6.07) is 5.75. The minimum absolute atomic E-state index is 0. The van der Waals surface area contributed by atoms with Crippen molar-refractivity contribution in [2.45, 2.75) is 32.0 Å². The van der Waals surface area contributed by atoms with Crippen molar-refractivity contribution in [3.8, 4) is 5.75 Å². The van der Waals surface area contributed by atoms with Crippen LogP contribution in [0.4, 0.5) is 17.6 Å². The molecule has 0 radical (unpaired) electrons. The highest BCUT2D eigenvalue weighted by Gasteiger charge is 2.34. The molecule has 1 aromatic carbocycles. The first-order chi connectivity index (χ1) is 12.9. The molecule has 10 heteroatoms. The highest BCUT2D eigenvalue weighted by Crippen LogP contribution is 2.19. The quantitative estimate of drug-likeness (QED) is 0.182. The number of nitrogens with one attached hydrogen (secondary N) is 2. The highest BCUT2D eigenvalue weighted by atomic mass is 127. The molecule has 2 rings (SSSR count). The maximum Gasteiger partial charge on any atom is 0.401 e. The van der Waals surface area contributed by atoms with Crippen LogP contribution in [0.5, 0.6) is 5.75 Å². The molecular weight excluding hydrogens is 491 g/mol. The molecule has 1 heterocycles. The van der Waals surface area contributed by atoms with Gasteiger partial charge in [-0.2, -0.15) is 13.2 Å². The second-order valence-electron chi connectivity index (χ2n) is 6.40. The molecule has 1 unspecified atom stereocenters. The smallest absolute Gasteiger partial charge is 0.401 e. The number of halogens is 5. The molecule has 0 aromatic heterocycles. The summed E-state index contributed by atoms with van der Waals surface area (Å²) in [5, 5.41) is 6.30. The maximum atomic E-state index is 12.8. The van der Waals surface area contributed by atoms with Crippen molar-refractivity contribution in [3.05, 3.63) is 30.1 Å². The Hall–Kier alpha value is -1.30. The molecule has 1 aromatic rings. The van der Waals surface area contributed by atoms with Crippen LogP contribution in [-0.2, 0) is 0 Å². The van der Waals surface area contributed by atoms with Gasteiger partial charge in [-0.05, 0) is 37.6 Å². The van der Waals surface area contributed by atoms with Crippen molar-refractivity contribution in [1.82, 2.24) is 15.5 Å². The second-order valence-corrected chi connectivity index (χ2v) is 6.40. The van der Waals surface area contributed by atoms with Crippen molar-refractivity contribution >= 4 is 29.9 Å². The van der Waals surface area contributed by atoms with Gasteiger partial charge in [0.25, 0.3) is 0 Å². The molecule has 28 heavy (non-hydrogen) atoms. The molecule has 1 aliphatic rings. The Morgan fingerprint density at radius 2 is 2.00 bits per heavy atom. The Kier molecular flexibility index (Phi) is 10.9. The molecule has 0 saturated carbocycles. The lowest BCUT2D eigenvalue weighted by atomic mass is 10.3. The monoisotopic (exact) mass is 518 g/mol. The third-order valence-corrected chi connectivity index (χ3v) is 4.02. The van der Waals surface area contributed by atoms with Crippen LogP contribution < -0.4 is 15.4 Å². The summed E-state index contributed by atoms with van der Waals surface area (Å²) in [5.41, 5.74) is 0. The average molecular weight is 518 g/mol. The van der Waals surface area contributed by atoms with Gasteiger partial charge in [0.2, 0.25) is 0 Å². The molecule has 1 aliphatic heterocycles. The van der Waals surface area contributed by atoms with Gasteiger partial charge in [-0.15, -0.1) is 24.0 Å². The topological polar surface area (TPSA) is 48.9 Å². The first-order valence-corrected chi connectivity index (χ1v) is 9.08. The fourth-order valence-electron chi connectivity index (χ4n) is 2.84. The van der Waals surface area contributed by atoms with Gasteiger partial charge in [0.05, 0.1) is 13.2 Å². The zero-order chi connectivity index (χ0) is 19.7. The zero-order valence-corrected chi connectivity index (χ0v) is 18.1. The summed E-state index contributed by atoms with van der Waals surface area (Å²) in [5.74, 6) is 0.883. The summed E-state index contributed by atoms with van der Waals surface area (Å²) in [6.45, 7) is 3.43. The molecule has 0 amide bonds. The van der Waals surface area contributed by atoms with E-state index in [2.05, 4.69) is 15.6 Å². The number of alkyl halides is 3. The van der Waals surface area contributed by atoms with Crippen molar-refractivity contribution in [2.24, 2.45) is 4.99 Å². The summed E-state index contributed by atoms with van der Waals surface area (Å²) in [7, 11) is 0. The first kappa shape index (κ1) is 24.7. The van der Waals surface area contributed by atoms with Crippen LogP contribution >= 0.6 is 24.0 Å². The maximum absolute atomic E-state index is 12.8. The van der Waals surface area contributed by atoms with E-state index >= 15 is 0 Å². The summed E-state index contributed by atoms with van der Waals surface area (Å²) >= 11 is 0. The van der Waals surface area contributed by atoms with Crippen LogP contribution in [0.2, 0.25) is 0 Å². The third-order valence-electron chi connectivity index (χ3n) is 4.02. The molecular formula is C18H27F4IN4O. The molecule has 0 bridgehead atoms. The van der Waals surface area contributed by atoms with Gasteiger partial charge in [0, 0.05) is 38.6 Å².